The number of carbonyl (C=O) groups excluding carboxylic acids is 5. The molecule has 0 radical (unpaired) electrons. The van der Waals surface area contributed by atoms with Crippen molar-refractivity contribution in [2.45, 2.75) is 331 Å². The highest BCUT2D eigenvalue weighted by Crippen LogP contribution is 2.38. The van der Waals surface area contributed by atoms with Crippen LogP contribution in [-0.2, 0) is 9.59 Å². The summed E-state index contributed by atoms with van der Waals surface area (Å²) in [5.74, 6) is 2.68. The summed E-state index contributed by atoms with van der Waals surface area (Å²) in [6.45, 7) is 18.3. The summed E-state index contributed by atoms with van der Waals surface area (Å²) in [6, 6.07) is 8.19. The molecule has 0 aliphatic heterocycles. The van der Waals surface area contributed by atoms with Gasteiger partial charge in [-0.3, -0.25) is 14.4 Å². The summed E-state index contributed by atoms with van der Waals surface area (Å²) in [5, 5.41) is 12.7. The highest BCUT2D eigenvalue weighted by molar-refractivity contribution is 6.23. The van der Waals surface area contributed by atoms with E-state index in [1.165, 1.54) is 193 Å². The standard InChI is InChI=1S/C67H116O3.2CHNO/c1-55(2)47-39-33-27-21-15-9-12-18-24-30-36-42-52-61(68)65-60-51-46-45-50-59(60)64(58(7)8)66(62(69)53-43-37-31-25-19-13-10-16-22-28-34-40-48-56(3)4)67(65)63(70)54-44-38-32-26-20-14-11-17-23-29-35-41-49-57(5)6;2*2-1-3/h45-46,50-51,55-58H,9-44,47-49,52-54H2,1-8H3;2*2H. The van der Waals surface area contributed by atoms with Crippen LogP contribution in [0.4, 0.5) is 0 Å². The molecule has 7 heteroatoms. The molecule has 2 N–H and O–H groups in total. The van der Waals surface area contributed by atoms with Gasteiger partial charge in [0.1, 0.15) is 0 Å². The fraction of sp³-hybridized carbons (Fsp3) is 0.783. The van der Waals surface area contributed by atoms with E-state index in [0.29, 0.717) is 36.0 Å². The highest BCUT2D eigenvalue weighted by atomic mass is 16.1. The lowest BCUT2D eigenvalue weighted by Gasteiger charge is -2.23. The van der Waals surface area contributed by atoms with Crippen molar-refractivity contribution in [3.8, 4) is 0 Å². The second kappa shape index (κ2) is 50.9. The number of Topliss-reactive ketones (excluding diaryl/α,β-unsaturated/α-hetero) is 3. The number of rotatable bonds is 49. The molecule has 2 aromatic rings. The van der Waals surface area contributed by atoms with E-state index < -0.39 is 0 Å². The van der Waals surface area contributed by atoms with Gasteiger partial charge in [-0.15, -0.1) is 0 Å². The molecule has 0 unspecified atom stereocenters. The number of nitrogens with one attached hydrogen (secondary N) is 2. The molecule has 0 saturated heterocycles. The Morgan fingerprint density at radius 3 is 0.789 bits per heavy atom. The van der Waals surface area contributed by atoms with Crippen molar-refractivity contribution in [2.24, 2.45) is 17.8 Å². The average molecular weight is 1060 g/mol. The number of benzene rings is 2. The Kier molecular flexibility index (Phi) is 48.6. The van der Waals surface area contributed by atoms with Gasteiger partial charge in [0.05, 0.1) is 0 Å². The first-order valence-electron chi connectivity index (χ1n) is 32.0. The molecule has 0 fully saturated rings. The number of isocyanates is 2. The summed E-state index contributed by atoms with van der Waals surface area (Å²) in [6.07, 6.45) is 52.1. The van der Waals surface area contributed by atoms with Crippen LogP contribution in [0, 0.1) is 28.6 Å². The maximum atomic E-state index is 14.8. The summed E-state index contributed by atoms with van der Waals surface area (Å²) < 4.78 is 0. The molecule has 76 heavy (non-hydrogen) atoms. The molecule has 0 saturated carbocycles. The Morgan fingerprint density at radius 1 is 0.329 bits per heavy atom. The van der Waals surface area contributed by atoms with E-state index in [9.17, 15) is 14.4 Å². The van der Waals surface area contributed by atoms with Gasteiger partial charge in [-0.1, -0.05) is 311 Å². The van der Waals surface area contributed by atoms with Gasteiger partial charge in [-0.2, -0.15) is 0 Å². The van der Waals surface area contributed by atoms with E-state index in [2.05, 4.69) is 61.5 Å². The molecule has 0 aliphatic rings. The van der Waals surface area contributed by atoms with Crippen LogP contribution in [0.15, 0.2) is 24.3 Å². The minimum Gasteiger partial charge on any atom is -0.294 e. The molecule has 7 nitrogen and oxygen atoms in total. The van der Waals surface area contributed by atoms with E-state index in [4.69, 9.17) is 20.4 Å². The van der Waals surface area contributed by atoms with Gasteiger partial charge < -0.3 is 0 Å². The molecular weight excluding hydrogens is 937 g/mol. The molecular formula is C69H118N2O5. The normalized spacial score (nSPS) is 11.2. The van der Waals surface area contributed by atoms with Gasteiger partial charge in [-0.05, 0) is 59.3 Å². The van der Waals surface area contributed by atoms with E-state index >= 15 is 0 Å². The Balaban J connectivity index is 0.00000892. The van der Waals surface area contributed by atoms with Crippen molar-refractivity contribution in [3.05, 3.63) is 46.5 Å². The third-order valence-corrected chi connectivity index (χ3v) is 15.5. The first-order chi connectivity index (χ1) is 36.8. The molecule has 2 aromatic carbocycles. The zero-order valence-electron chi connectivity index (χ0n) is 50.9. The lowest BCUT2D eigenvalue weighted by molar-refractivity contribution is 0.0933. The third-order valence-electron chi connectivity index (χ3n) is 15.5. The van der Waals surface area contributed by atoms with Gasteiger partial charge in [0, 0.05) is 36.0 Å². The van der Waals surface area contributed by atoms with Crippen LogP contribution in [0.5, 0.6) is 0 Å². The van der Waals surface area contributed by atoms with Crippen LogP contribution in [0.1, 0.15) is 368 Å². The van der Waals surface area contributed by atoms with Crippen LogP contribution in [0.3, 0.4) is 0 Å². The van der Waals surface area contributed by atoms with Crippen LogP contribution >= 0.6 is 0 Å². The van der Waals surface area contributed by atoms with Gasteiger partial charge >= 0.3 is 0 Å². The predicted octanol–water partition coefficient (Wildman–Crippen LogP) is 22.7. The largest absolute Gasteiger partial charge is 0.294 e. The van der Waals surface area contributed by atoms with Crippen molar-refractivity contribution in [1.82, 2.24) is 0 Å². The number of fused-ring (bicyclic) bond motifs is 1. The summed E-state index contributed by atoms with van der Waals surface area (Å²) >= 11 is 0. The second-order valence-corrected chi connectivity index (χ2v) is 24.2. The molecule has 434 valence electrons. The number of carbonyl (C=O) groups is 3. The topological polar surface area (TPSA) is 133 Å². The number of ketones is 3. The van der Waals surface area contributed by atoms with Gasteiger partial charge in [0.15, 0.2) is 17.3 Å². The molecule has 0 heterocycles. The lowest BCUT2D eigenvalue weighted by Crippen LogP contribution is -2.20. The molecule has 0 spiro atoms. The fourth-order valence-corrected chi connectivity index (χ4v) is 11.1. The minimum absolute atomic E-state index is 0.0128. The Labute approximate surface area is 468 Å². The fourth-order valence-electron chi connectivity index (χ4n) is 11.1. The van der Waals surface area contributed by atoms with E-state index in [1.54, 1.807) is 0 Å². The van der Waals surface area contributed by atoms with Crippen molar-refractivity contribution in [2.75, 3.05) is 0 Å². The molecule has 0 aliphatic carbocycles. The van der Waals surface area contributed by atoms with Crippen molar-refractivity contribution >= 4 is 40.3 Å². The quantitative estimate of drug-likeness (QED) is 0.0295. The number of hydrogen-bond donors (Lipinski definition) is 2. The highest BCUT2D eigenvalue weighted by Gasteiger charge is 2.31. The van der Waals surface area contributed by atoms with Crippen molar-refractivity contribution < 1.29 is 24.0 Å². The van der Waals surface area contributed by atoms with Gasteiger partial charge in [0.25, 0.3) is 0 Å². The maximum Gasteiger partial charge on any atom is 0.231 e. The van der Waals surface area contributed by atoms with Crippen LogP contribution < -0.4 is 0 Å². The molecule has 0 atom stereocenters. The Hall–Kier alpha value is -3.53. The van der Waals surface area contributed by atoms with Crippen molar-refractivity contribution in [3.63, 3.8) is 0 Å². The summed E-state index contributed by atoms with van der Waals surface area (Å²) in [5.41, 5.74) is 2.58. The van der Waals surface area contributed by atoms with Gasteiger partial charge in [-0.25, -0.2) is 20.4 Å². The predicted molar refractivity (Wildman–Crippen MR) is 326 cm³/mol. The van der Waals surface area contributed by atoms with Crippen LogP contribution in [0.2, 0.25) is 0 Å². The van der Waals surface area contributed by atoms with Gasteiger partial charge in [0.2, 0.25) is 12.2 Å². The molecule has 0 amide bonds. The van der Waals surface area contributed by atoms with E-state index in [-0.39, 0.29) is 23.3 Å². The Morgan fingerprint density at radius 2 is 0.539 bits per heavy atom. The molecule has 0 aromatic heterocycles. The zero-order chi connectivity index (χ0) is 56.4. The summed E-state index contributed by atoms with van der Waals surface area (Å²) in [4.78, 5) is 60.8. The van der Waals surface area contributed by atoms with E-state index in [1.807, 2.05) is 18.2 Å². The molecule has 2 rings (SSSR count). The molecule has 0 bridgehead atoms. The summed E-state index contributed by atoms with van der Waals surface area (Å²) in [7, 11) is 0. The number of hydrogen-bond acceptors (Lipinski definition) is 7. The lowest BCUT2D eigenvalue weighted by atomic mass is 9.78. The second-order valence-electron chi connectivity index (χ2n) is 24.2. The van der Waals surface area contributed by atoms with Crippen molar-refractivity contribution in [1.29, 1.82) is 10.8 Å². The number of unbranched alkanes of at least 4 members (excludes halogenated alkanes) is 33. The first kappa shape index (κ1) is 72.5. The Bertz CT molecular complexity index is 1800. The first-order valence-corrected chi connectivity index (χ1v) is 32.0. The average Bonchev–Trinajstić information content (AvgIpc) is 3.38. The monoisotopic (exact) mass is 1050 g/mol. The zero-order valence-corrected chi connectivity index (χ0v) is 50.9. The van der Waals surface area contributed by atoms with E-state index in [0.717, 1.165) is 104 Å². The van der Waals surface area contributed by atoms with Crippen LogP contribution in [-0.4, -0.2) is 29.5 Å². The minimum atomic E-state index is 0.0128. The smallest absolute Gasteiger partial charge is 0.231 e. The SMILES string of the molecule is CC(C)CCCCCCCCCCCCCCC(=O)c1c(C(=O)CCCCCCCCCCCCCCC(C)C)c(C(C)C)c2ccccc2c1C(=O)CCCCCCCCCCCCCCC(C)C.N=C=O.N=C=O. The van der Waals surface area contributed by atoms with Crippen LogP contribution in [0.25, 0.3) is 10.8 Å². The maximum absolute atomic E-state index is 14.8. The third kappa shape index (κ3) is 38.1.